The minimum Gasteiger partial charge on any atom is -0.310 e. The first-order valence-corrected chi connectivity index (χ1v) is 7.17. The second kappa shape index (κ2) is 5.22. The topological polar surface area (TPSA) is 57.8 Å². The van der Waals surface area contributed by atoms with Crippen LogP contribution in [0.15, 0.2) is 4.79 Å². The molecule has 0 atom stereocenters. The molecule has 1 saturated carbocycles. The Morgan fingerprint density at radius 1 is 1.00 bits per heavy atom. The second-order valence-corrected chi connectivity index (χ2v) is 5.52. The summed E-state index contributed by atoms with van der Waals surface area (Å²) in [6.45, 7) is 1.42. The zero-order valence-electron chi connectivity index (χ0n) is 10.8. The van der Waals surface area contributed by atoms with Gasteiger partial charge in [0.15, 0.2) is 0 Å². The Balaban J connectivity index is 1.86. The second-order valence-electron chi connectivity index (χ2n) is 5.52. The molecule has 0 amide bonds. The van der Waals surface area contributed by atoms with Crippen molar-refractivity contribution in [3.8, 4) is 0 Å². The molecule has 4 heteroatoms. The molecule has 2 heterocycles. The Morgan fingerprint density at radius 2 is 1.72 bits per heavy atom. The predicted molar refractivity (Wildman–Crippen MR) is 70.5 cm³/mol. The first-order valence-electron chi connectivity index (χ1n) is 7.17. The molecule has 0 spiro atoms. The van der Waals surface area contributed by atoms with Crippen molar-refractivity contribution >= 4 is 0 Å². The van der Waals surface area contributed by atoms with E-state index in [1.54, 1.807) is 0 Å². The van der Waals surface area contributed by atoms with Crippen LogP contribution >= 0.6 is 0 Å². The third-order valence-electron chi connectivity index (χ3n) is 4.21. The molecule has 1 fully saturated rings. The van der Waals surface area contributed by atoms with Gasteiger partial charge >= 0.3 is 0 Å². The van der Waals surface area contributed by atoms with E-state index < -0.39 is 0 Å². The SMILES string of the molecule is O=c1[nH]c(C2CCCCCCC2)nc2c1CNC2. The van der Waals surface area contributed by atoms with Crippen LogP contribution in [0, 0.1) is 0 Å². The van der Waals surface area contributed by atoms with E-state index >= 15 is 0 Å². The van der Waals surface area contributed by atoms with Gasteiger partial charge < -0.3 is 10.3 Å². The summed E-state index contributed by atoms with van der Waals surface area (Å²) in [4.78, 5) is 19.7. The van der Waals surface area contributed by atoms with E-state index in [9.17, 15) is 4.79 Å². The van der Waals surface area contributed by atoms with E-state index in [2.05, 4.69) is 10.3 Å². The molecule has 0 radical (unpaired) electrons. The number of fused-ring (bicyclic) bond motifs is 1. The third-order valence-corrected chi connectivity index (χ3v) is 4.21. The molecule has 2 aliphatic rings. The zero-order chi connectivity index (χ0) is 12.4. The molecule has 3 rings (SSSR count). The molecular weight excluding hydrogens is 226 g/mol. The largest absolute Gasteiger partial charge is 0.310 e. The van der Waals surface area contributed by atoms with Crippen LogP contribution in [0.5, 0.6) is 0 Å². The summed E-state index contributed by atoms with van der Waals surface area (Å²) in [5, 5.41) is 3.20. The Hall–Kier alpha value is -1.16. The smallest absolute Gasteiger partial charge is 0.255 e. The van der Waals surface area contributed by atoms with E-state index in [1.807, 2.05) is 0 Å². The highest BCUT2D eigenvalue weighted by molar-refractivity contribution is 5.22. The van der Waals surface area contributed by atoms with E-state index in [-0.39, 0.29) is 5.56 Å². The fraction of sp³-hybridized carbons (Fsp3) is 0.714. The van der Waals surface area contributed by atoms with Crippen molar-refractivity contribution in [1.82, 2.24) is 15.3 Å². The van der Waals surface area contributed by atoms with Crippen LogP contribution < -0.4 is 10.9 Å². The number of hydrogen-bond acceptors (Lipinski definition) is 3. The predicted octanol–water partition coefficient (Wildman–Crippen LogP) is 2.20. The van der Waals surface area contributed by atoms with Crippen molar-refractivity contribution in [1.29, 1.82) is 0 Å². The fourth-order valence-electron chi connectivity index (χ4n) is 3.12. The van der Waals surface area contributed by atoms with Crippen LogP contribution in [0.1, 0.15) is 67.9 Å². The molecule has 1 aromatic rings. The average Bonchev–Trinajstić information content (AvgIpc) is 2.77. The Labute approximate surface area is 107 Å². The summed E-state index contributed by atoms with van der Waals surface area (Å²) < 4.78 is 0. The highest BCUT2D eigenvalue weighted by Crippen LogP contribution is 2.28. The normalized spacial score (nSPS) is 21.3. The summed E-state index contributed by atoms with van der Waals surface area (Å²) in [6.07, 6.45) is 8.91. The lowest BCUT2D eigenvalue weighted by atomic mass is 9.90. The van der Waals surface area contributed by atoms with Gasteiger partial charge in [0, 0.05) is 19.0 Å². The molecule has 0 aromatic carbocycles. The number of H-pyrrole nitrogens is 1. The number of aromatic amines is 1. The van der Waals surface area contributed by atoms with Crippen LogP contribution in [0.3, 0.4) is 0 Å². The molecule has 1 aromatic heterocycles. The summed E-state index contributed by atoms with van der Waals surface area (Å²) in [5.74, 6) is 1.40. The lowest BCUT2D eigenvalue weighted by Gasteiger charge is -2.19. The van der Waals surface area contributed by atoms with Gasteiger partial charge in [0.05, 0.1) is 11.3 Å². The molecule has 0 bridgehead atoms. The Morgan fingerprint density at radius 3 is 2.50 bits per heavy atom. The molecule has 1 aliphatic heterocycles. The van der Waals surface area contributed by atoms with E-state index in [4.69, 9.17) is 4.98 Å². The number of aromatic nitrogens is 2. The van der Waals surface area contributed by atoms with Crippen molar-refractivity contribution in [2.75, 3.05) is 0 Å². The Bertz CT molecular complexity index is 472. The van der Waals surface area contributed by atoms with Crippen molar-refractivity contribution in [3.05, 3.63) is 27.4 Å². The first-order chi connectivity index (χ1) is 8.84. The number of nitrogens with one attached hydrogen (secondary N) is 2. The van der Waals surface area contributed by atoms with Crippen LogP contribution in [-0.2, 0) is 13.1 Å². The summed E-state index contributed by atoms with van der Waals surface area (Å²) in [6, 6.07) is 0. The van der Waals surface area contributed by atoms with E-state index in [1.165, 1.54) is 44.9 Å². The molecule has 2 N–H and O–H groups in total. The lowest BCUT2D eigenvalue weighted by Crippen LogP contribution is -2.20. The van der Waals surface area contributed by atoms with Gasteiger partial charge in [-0.3, -0.25) is 4.79 Å². The number of hydrogen-bond donors (Lipinski definition) is 2. The van der Waals surface area contributed by atoms with Gasteiger partial charge in [-0.2, -0.15) is 0 Å². The van der Waals surface area contributed by atoms with Gasteiger partial charge in [-0.15, -0.1) is 0 Å². The molecule has 4 nitrogen and oxygen atoms in total. The number of nitrogens with zero attached hydrogens (tertiary/aromatic N) is 1. The maximum absolute atomic E-state index is 12.0. The standard InChI is InChI=1S/C14H21N3O/c18-14-11-8-15-9-12(11)16-13(17-14)10-6-4-2-1-3-5-7-10/h10,15H,1-9H2,(H,16,17,18). The van der Waals surface area contributed by atoms with Gasteiger partial charge in [-0.25, -0.2) is 4.98 Å². The zero-order valence-corrected chi connectivity index (χ0v) is 10.8. The maximum Gasteiger partial charge on any atom is 0.255 e. The van der Waals surface area contributed by atoms with E-state index in [0.717, 1.165) is 23.6 Å². The minimum absolute atomic E-state index is 0.0714. The summed E-state index contributed by atoms with van der Waals surface area (Å²) >= 11 is 0. The quantitative estimate of drug-likeness (QED) is 0.800. The molecule has 0 unspecified atom stereocenters. The highest BCUT2D eigenvalue weighted by atomic mass is 16.1. The van der Waals surface area contributed by atoms with Crippen LogP contribution in [0.4, 0.5) is 0 Å². The van der Waals surface area contributed by atoms with Crippen molar-refractivity contribution in [2.24, 2.45) is 0 Å². The molecule has 18 heavy (non-hydrogen) atoms. The Kier molecular flexibility index (Phi) is 3.46. The van der Waals surface area contributed by atoms with E-state index in [0.29, 0.717) is 12.5 Å². The van der Waals surface area contributed by atoms with Gasteiger partial charge in [0.25, 0.3) is 5.56 Å². The minimum atomic E-state index is 0.0714. The van der Waals surface area contributed by atoms with Gasteiger partial charge in [0.1, 0.15) is 5.82 Å². The first kappa shape index (κ1) is 11.9. The van der Waals surface area contributed by atoms with Crippen molar-refractivity contribution in [2.45, 2.75) is 64.0 Å². The fourth-order valence-corrected chi connectivity index (χ4v) is 3.12. The summed E-state index contributed by atoms with van der Waals surface area (Å²) in [5.41, 5.74) is 1.88. The van der Waals surface area contributed by atoms with Gasteiger partial charge in [0.2, 0.25) is 0 Å². The van der Waals surface area contributed by atoms with Crippen LogP contribution in [0.2, 0.25) is 0 Å². The summed E-state index contributed by atoms with van der Waals surface area (Å²) in [7, 11) is 0. The van der Waals surface area contributed by atoms with Crippen molar-refractivity contribution in [3.63, 3.8) is 0 Å². The van der Waals surface area contributed by atoms with Crippen LogP contribution in [0.25, 0.3) is 0 Å². The maximum atomic E-state index is 12.0. The molecule has 98 valence electrons. The van der Waals surface area contributed by atoms with Gasteiger partial charge in [-0.1, -0.05) is 32.1 Å². The molecule has 1 aliphatic carbocycles. The van der Waals surface area contributed by atoms with Crippen molar-refractivity contribution < 1.29 is 0 Å². The van der Waals surface area contributed by atoms with Crippen LogP contribution in [-0.4, -0.2) is 9.97 Å². The molecular formula is C14H21N3O. The lowest BCUT2D eigenvalue weighted by molar-refractivity contribution is 0.440. The molecule has 0 saturated heterocycles. The average molecular weight is 247 g/mol. The third kappa shape index (κ3) is 2.34. The highest BCUT2D eigenvalue weighted by Gasteiger charge is 2.21. The van der Waals surface area contributed by atoms with Gasteiger partial charge in [-0.05, 0) is 12.8 Å². The number of rotatable bonds is 1. The monoisotopic (exact) mass is 247 g/mol.